The maximum Gasteiger partial charge on any atom is 0.337 e. The van der Waals surface area contributed by atoms with Gasteiger partial charge in [-0.25, -0.2) is 4.79 Å². The van der Waals surface area contributed by atoms with E-state index in [9.17, 15) is 14.4 Å². The van der Waals surface area contributed by atoms with Crippen LogP contribution in [0.4, 0.5) is 0 Å². The minimum atomic E-state index is -0.435. The van der Waals surface area contributed by atoms with E-state index in [1.165, 1.54) is 14.2 Å². The van der Waals surface area contributed by atoms with Gasteiger partial charge in [-0.3, -0.25) is 9.59 Å². The van der Waals surface area contributed by atoms with Crippen LogP contribution in [0.25, 0.3) is 0 Å². The van der Waals surface area contributed by atoms with Crippen LogP contribution in [0, 0.1) is 0 Å². The highest BCUT2D eigenvalue weighted by molar-refractivity contribution is 5.89. The van der Waals surface area contributed by atoms with Crippen LogP contribution in [0.3, 0.4) is 0 Å². The van der Waals surface area contributed by atoms with Gasteiger partial charge in [0, 0.05) is 13.0 Å². The summed E-state index contributed by atoms with van der Waals surface area (Å²) in [4.78, 5) is 33.6. The van der Waals surface area contributed by atoms with Crippen molar-refractivity contribution in [3.8, 4) is 5.75 Å². The minimum Gasteiger partial charge on any atom is -0.484 e. The molecule has 0 radical (unpaired) electrons. The quantitative estimate of drug-likeness (QED) is 0.567. The van der Waals surface area contributed by atoms with Crippen molar-refractivity contribution < 1.29 is 28.6 Å². The predicted octanol–water partition coefficient (Wildman–Crippen LogP) is 0.921. The third-order valence-electron chi connectivity index (χ3n) is 2.75. The Morgan fingerprint density at radius 2 is 1.73 bits per heavy atom. The number of hydrogen-bond donors (Lipinski definition) is 1. The van der Waals surface area contributed by atoms with Gasteiger partial charge >= 0.3 is 11.9 Å². The molecule has 7 heteroatoms. The van der Waals surface area contributed by atoms with Gasteiger partial charge in [0.2, 0.25) is 0 Å². The third-order valence-corrected chi connectivity index (χ3v) is 2.75. The van der Waals surface area contributed by atoms with Crippen molar-refractivity contribution >= 4 is 17.8 Å². The van der Waals surface area contributed by atoms with Gasteiger partial charge in [-0.2, -0.15) is 0 Å². The van der Waals surface area contributed by atoms with Crippen LogP contribution in [0.2, 0.25) is 0 Å². The Hall–Kier alpha value is -2.57. The number of esters is 2. The number of benzene rings is 1. The number of nitrogens with one attached hydrogen (secondary N) is 1. The van der Waals surface area contributed by atoms with Crippen molar-refractivity contribution in [1.82, 2.24) is 5.32 Å². The first-order valence-electron chi connectivity index (χ1n) is 6.71. The Labute approximate surface area is 128 Å². The van der Waals surface area contributed by atoms with Gasteiger partial charge in [0.05, 0.1) is 19.8 Å². The summed E-state index contributed by atoms with van der Waals surface area (Å²) in [5.74, 6) is -0.564. The zero-order valence-electron chi connectivity index (χ0n) is 12.6. The summed E-state index contributed by atoms with van der Waals surface area (Å²) in [6.45, 7) is 0.231. The van der Waals surface area contributed by atoms with E-state index in [0.29, 0.717) is 24.3 Å². The Morgan fingerprint density at radius 3 is 2.32 bits per heavy atom. The van der Waals surface area contributed by atoms with E-state index in [2.05, 4.69) is 14.8 Å². The van der Waals surface area contributed by atoms with E-state index in [-0.39, 0.29) is 24.9 Å². The maximum absolute atomic E-state index is 11.5. The molecule has 0 atom stereocenters. The molecule has 1 rings (SSSR count). The average Bonchev–Trinajstić information content (AvgIpc) is 2.56. The lowest BCUT2D eigenvalue weighted by molar-refractivity contribution is -0.140. The lowest BCUT2D eigenvalue weighted by Crippen LogP contribution is -2.30. The number of carbonyl (C=O) groups is 3. The van der Waals surface area contributed by atoms with E-state index in [1.54, 1.807) is 24.3 Å². The molecule has 0 aliphatic carbocycles. The highest BCUT2D eigenvalue weighted by Crippen LogP contribution is 2.12. The first-order chi connectivity index (χ1) is 10.6. The lowest BCUT2D eigenvalue weighted by Gasteiger charge is -2.07. The lowest BCUT2D eigenvalue weighted by atomic mass is 10.2. The van der Waals surface area contributed by atoms with Crippen molar-refractivity contribution in [2.24, 2.45) is 0 Å². The van der Waals surface area contributed by atoms with Gasteiger partial charge in [-0.15, -0.1) is 0 Å². The normalized spacial score (nSPS) is 9.73. The number of methoxy groups -OCH3 is 2. The molecule has 1 amide bonds. The molecular weight excluding hydrogens is 290 g/mol. The van der Waals surface area contributed by atoms with Crippen LogP contribution in [-0.2, 0) is 19.1 Å². The number of amides is 1. The first kappa shape index (κ1) is 17.5. The van der Waals surface area contributed by atoms with Crippen molar-refractivity contribution in [3.05, 3.63) is 29.8 Å². The van der Waals surface area contributed by atoms with E-state index in [0.717, 1.165) is 0 Å². The molecule has 1 N–H and O–H groups in total. The number of ether oxygens (including phenoxy) is 3. The molecule has 0 unspecified atom stereocenters. The molecule has 0 aromatic heterocycles. The van der Waals surface area contributed by atoms with Gasteiger partial charge in [0.25, 0.3) is 5.91 Å². The summed E-state index contributed by atoms with van der Waals surface area (Å²) in [5, 5.41) is 2.63. The molecule has 0 spiro atoms. The predicted molar refractivity (Wildman–Crippen MR) is 77.5 cm³/mol. The third kappa shape index (κ3) is 6.25. The van der Waals surface area contributed by atoms with E-state index in [4.69, 9.17) is 4.74 Å². The zero-order valence-corrected chi connectivity index (χ0v) is 12.6. The molecule has 0 bridgehead atoms. The first-order valence-corrected chi connectivity index (χ1v) is 6.71. The molecule has 120 valence electrons. The molecular formula is C15H19NO6. The Kier molecular flexibility index (Phi) is 7.45. The van der Waals surface area contributed by atoms with Crippen LogP contribution in [-0.4, -0.2) is 45.2 Å². The summed E-state index contributed by atoms with van der Waals surface area (Å²) in [6, 6.07) is 6.26. The van der Waals surface area contributed by atoms with Crippen molar-refractivity contribution in [2.45, 2.75) is 12.8 Å². The average molecular weight is 309 g/mol. The molecule has 0 heterocycles. The summed E-state index contributed by atoms with van der Waals surface area (Å²) < 4.78 is 14.3. The molecule has 0 saturated carbocycles. The van der Waals surface area contributed by atoms with E-state index < -0.39 is 5.97 Å². The molecule has 0 aliphatic rings. The molecule has 7 nitrogen and oxygen atoms in total. The van der Waals surface area contributed by atoms with Crippen molar-refractivity contribution in [1.29, 1.82) is 0 Å². The molecule has 0 fully saturated rings. The van der Waals surface area contributed by atoms with Gasteiger partial charge in [0.1, 0.15) is 5.75 Å². The summed E-state index contributed by atoms with van der Waals surface area (Å²) in [7, 11) is 2.62. The summed E-state index contributed by atoms with van der Waals surface area (Å²) >= 11 is 0. The number of hydrogen-bond acceptors (Lipinski definition) is 6. The summed E-state index contributed by atoms with van der Waals surface area (Å²) in [5.41, 5.74) is 0.405. The Balaban J connectivity index is 2.26. The Morgan fingerprint density at radius 1 is 1.05 bits per heavy atom. The highest BCUT2D eigenvalue weighted by atomic mass is 16.5. The van der Waals surface area contributed by atoms with Crippen LogP contribution in [0.1, 0.15) is 23.2 Å². The molecule has 22 heavy (non-hydrogen) atoms. The van der Waals surface area contributed by atoms with Crippen LogP contribution in [0.5, 0.6) is 5.75 Å². The SMILES string of the molecule is COC(=O)CCCNC(=O)COc1ccc(C(=O)OC)cc1. The van der Waals surface area contributed by atoms with Gasteiger partial charge < -0.3 is 19.5 Å². The standard InChI is InChI=1S/C15H19NO6/c1-20-14(18)4-3-9-16-13(17)10-22-12-7-5-11(6-8-12)15(19)21-2/h5-8H,3-4,9-10H2,1-2H3,(H,16,17). The van der Waals surface area contributed by atoms with Gasteiger partial charge in [-0.1, -0.05) is 0 Å². The smallest absolute Gasteiger partial charge is 0.337 e. The minimum absolute atomic E-state index is 0.143. The largest absolute Gasteiger partial charge is 0.484 e. The second-order valence-electron chi connectivity index (χ2n) is 4.33. The van der Waals surface area contributed by atoms with Gasteiger partial charge in [-0.05, 0) is 30.7 Å². The number of rotatable bonds is 8. The van der Waals surface area contributed by atoms with Gasteiger partial charge in [0.15, 0.2) is 6.61 Å². The fourth-order valence-corrected chi connectivity index (χ4v) is 1.57. The van der Waals surface area contributed by atoms with Crippen LogP contribution < -0.4 is 10.1 Å². The van der Waals surface area contributed by atoms with Crippen LogP contribution in [0.15, 0.2) is 24.3 Å². The fourth-order valence-electron chi connectivity index (χ4n) is 1.57. The molecule has 1 aromatic rings. The topological polar surface area (TPSA) is 90.9 Å². The summed E-state index contributed by atoms with van der Waals surface area (Å²) in [6.07, 6.45) is 0.763. The molecule has 1 aromatic carbocycles. The number of carbonyl (C=O) groups excluding carboxylic acids is 3. The van der Waals surface area contributed by atoms with E-state index in [1.807, 2.05) is 0 Å². The zero-order chi connectivity index (χ0) is 16.4. The Bertz CT molecular complexity index is 511. The molecule has 0 saturated heterocycles. The van der Waals surface area contributed by atoms with Crippen LogP contribution >= 0.6 is 0 Å². The van der Waals surface area contributed by atoms with Crippen molar-refractivity contribution in [3.63, 3.8) is 0 Å². The monoisotopic (exact) mass is 309 g/mol. The fraction of sp³-hybridized carbons (Fsp3) is 0.400. The second-order valence-corrected chi connectivity index (χ2v) is 4.33. The van der Waals surface area contributed by atoms with E-state index >= 15 is 0 Å². The highest BCUT2D eigenvalue weighted by Gasteiger charge is 2.06. The second kappa shape index (κ2) is 9.38. The molecule has 0 aliphatic heterocycles. The maximum atomic E-state index is 11.5. The van der Waals surface area contributed by atoms with Crippen molar-refractivity contribution in [2.75, 3.05) is 27.4 Å².